The minimum atomic E-state index is -0.682. The zero-order valence-corrected chi connectivity index (χ0v) is 19.7. The van der Waals surface area contributed by atoms with Crippen molar-refractivity contribution < 1.29 is 19.3 Å². The SMILES string of the molecule is Cc1cc(C=C2C(=O)N(C)C(=O)N(C)C2=O)c(C)n1-c1ccc(N2CCCCC2)c([N+](=O)[O-])c1. The van der Waals surface area contributed by atoms with E-state index < -0.39 is 17.8 Å². The molecule has 3 heterocycles. The number of nitro benzene ring substituents is 1. The van der Waals surface area contributed by atoms with Gasteiger partial charge in [0.2, 0.25) is 0 Å². The molecule has 0 atom stereocenters. The number of nitrogens with zero attached hydrogens (tertiary/aromatic N) is 5. The number of hydrogen-bond acceptors (Lipinski definition) is 6. The van der Waals surface area contributed by atoms with Crippen LogP contribution in [0.2, 0.25) is 0 Å². The van der Waals surface area contributed by atoms with E-state index in [2.05, 4.69) is 4.90 Å². The highest BCUT2D eigenvalue weighted by Gasteiger charge is 2.38. The molecule has 0 radical (unpaired) electrons. The van der Waals surface area contributed by atoms with Crippen molar-refractivity contribution in [3.63, 3.8) is 0 Å². The summed E-state index contributed by atoms with van der Waals surface area (Å²) in [5.41, 5.74) is 3.30. The van der Waals surface area contributed by atoms with E-state index in [1.807, 2.05) is 30.5 Å². The van der Waals surface area contributed by atoms with Crippen LogP contribution in [-0.4, -0.2) is 64.3 Å². The van der Waals surface area contributed by atoms with Crippen molar-refractivity contribution in [2.75, 3.05) is 32.1 Å². The van der Waals surface area contributed by atoms with Crippen molar-refractivity contribution in [2.24, 2.45) is 0 Å². The summed E-state index contributed by atoms with van der Waals surface area (Å²) in [5.74, 6) is -1.33. The van der Waals surface area contributed by atoms with E-state index in [1.54, 1.807) is 12.1 Å². The average molecular weight is 466 g/mol. The number of hydrogen-bond donors (Lipinski definition) is 0. The first-order valence-electron chi connectivity index (χ1n) is 11.2. The summed E-state index contributed by atoms with van der Waals surface area (Å²) >= 11 is 0. The summed E-state index contributed by atoms with van der Waals surface area (Å²) in [4.78, 5) is 52.6. The highest BCUT2D eigenvalue weighted by atomic mass is 16.6. The monoisotopic (exact) mass is 465 g/mol. The molecule has 0 aliphatic carbocycles. The molecule has 2 aliphatic heterocycles. The molecule has 10 nitrogen and oxygen atoms in total. The Hall–Kier alpha value is -3.95. The number of carbonyl (C=O) groups excluding carboxylic acids is 3. The first-order valence-corrected chi connectivity index (χ1v) is 11.2. The summed E-state index contributed by atoms with van der Waals surface area (Å²) < 4.78 is 1.86. The van der Waals surface area contributed by atoms with E-state index in [0.29, 0.717) is 22.6 Å². The van der Waals surface area contributed by atoms with Crippen LogP contribution in [0.3, 0.4) is 0 Å². The lowest BCUT2D eigenvalue weighted by Crippen LogP contribution is -2.52. The van der Waals surface area contributed by atoms with Crippen LogP contribution in [0.5, 0.6) is 0 Å². The highest BCUT2D eigenvalue weighted by molar-refractivity contribution is 6.30. The van der Waals surface area contributed by atoms with Crippen LogP contribution in [0, 0.1) is 24.0 Å². The molecule has 4 amide bonds. The number of barbiturate groups is 1. The lowest BCUT2D eigenvalue weighted by Gasteiger charge is -2.28. The minimum absolute atomic E-state index is 0.0474. The Morgan fingerprint density at radius 2 is 1.56 bits per heavy atom. The molecule has 2 fully saturated rings. The number of rotatable bonds is 4. The van der Waals surface area contributed by atoms with E-state index in [1.165, 1.54) is 20.2 Å². The first-order chi connectivity index (χ1) is 16.1. The Labute approximate surface area is 197 Å². The van der Waals surface area contributed by atoms with Crippen molar-refractivity contribution >= 4 is 35.3 Å². The predicted octanol–water partition coefficient (Wildman–Crippen LogP) is 3.43. The molecule has 0 saturated carbocycles. The Kier molecular flexibility index (Phi) is 5.99. The third-order valence-electron chi connectivity index (χ3n) is 6.52. The molecule has 1 aromatic heterocycles. The van der Waals surface area contributed by atoms with E-state index in [9.17, 15) is 24.5 Å². The third-order valence-corrected chi connectivity index (χ3v) is 6.52. The van der Waals surface area contributed by atoms with Crippen LogP contribution in [-0.2, 0) is 9.59 Å². The van der Waals surface area contributed by atoms with Crippen LogP contribution >= 0.6 is 0 Å². The maximum Gasteiger partial charge on any atom is 0.333 e. The molecule has 2 saturated heterocycles. The number of benzene rings is 1. The molecular weight excluding hydrogens is 438 g/mol. The highest BCUT2D eigenvalue weighted by Crippen LogP contribution is 2.34. The fraction of sp³-hybridized carbons (Fsp3) is 0.375. The van der Waals surface area contributed by atoms with Gasteiger partial charge in [0.1, 0.15) is 11.3 Å². The molecule has 0 spiro atoms. The molecule has 178 valence electrons. The van der Waals surface area contributed by atoms with Crippen LogP contribution in [0.4, 0.5) is 16.2 Å². The molecule has 0 N–H and O–H groups in total. The molecule has 2 aliphatic rings. The van der Waals surface area contributed by atoms with Crippen LogP contribution < -0.4 is 4.90 Å². The fourth-order valence-electron chi connectivity index (χ4n) is 4.66. The van der Waals surface area contributed by atoms with E-state index in [-0.39, 0.29) is 16.2 Å². The van der Waals surface area contributed by atoms with Crippen molar-refractivity contribution in [1.29, 1.82) is 0 Å². The summed E-state index contributed by atoms with van der Waals surface area (Å²) in [5, 5.41) is 11.9. The first kappa shape index (κ1) is 23.2. The number of piperidine rings is 1. The summed E-state index contributed by atoms with van der Waals surface area (Å²) in [6, 6.07) is 6.34. The van der Waals surface area contributed by atoms with Crippen molar-refractivity contribution in [3.8, 4) is 5.69 Å². The molecule has 10 heteroatoms. The van der Waals surface area contributed by atoms with Gasteiger partial charge in [-0.25, -0.2) is 4.79 Å². The van der Waals surface area contributed by atoms with Crippen molar-refractivity contribution in [3.05, 3.63) is 56.9 Å². The van der Waals surface area contributed by atoms with Gasteiger partial charge in [0.05, 0.1) is 10.6 Å². The number of likely N-dealkylation sites (N-methyl/N-ethyl adjacent to an activating group) is 2. The second-order valence-electron chi connectivity index (χ2n) is 8.71. The minimum Gasteiger partial charge on any atom is -0.366 e. The van der Waals surface area contributed by atoms with Gasteiger partial charge in [-0.1, -0.05) is 0 Å². The molecule has 0 unspecified atom stereocenters. The van der Waals surface area contributed by atoms with Gasteiger partial charge < -0.3 is 9.47 Å². The molecule has 34 heavy (non-hydrogen) atoms. The van der Waals surface area contributed by atoms with Gasteiger partial charge in [-0.2, -0.15) is 0 Å². The zero-order valence-electron chi connectivity index (χ0n) is 19.7. The number of amides is 4. The maximum absolute atomic E-state index is 12.6. The molecular formula is C24H27N5O5. The Morgan fingerprint density at radius 1 is 0.941 bits per heavy atom. The van der Waals surface area contributed by atoms with Crippen LogP contribution in [0.25, 0.3) is 11.8 Å². The number of nitro groups is 1. The van der Waals surface area contributed by atoms with Crippen molar-refractivity contribution in [2.45, 2.75) is 33.1 Å². The van der Waals surface area contributed by atoms with Gasteiger partial charge in [-0.05, 0) is 62.9 Å². The van der Waals surface area contributed by atoms with Crippen molar-refractivity contribution in [1.82, 2.24) is 14.4 Å². The summed E-state index contributed by atoms with van der Waals surface area (Å²) in [6.07, 6.45) is 4.63. The van der Waals surface area contributed by atoms with Gasteiger partial charge in [-0.15, -0.1) is 0 Å². The summed E-state index contributed by atoms with van der Waals surface area (Å²) in [6.45, 7) is 5.27. The molecule has 0 bridgehead atoms. The van der Waals surface area contributed by atoms with E-state index >= 15 is 0 Å². The Bertz CT molecular complexity index is 1210. The smallest absolute Gasteiger partial charge is 0.333 e. The topological polar surface area (TPSA) is 109 Å². The third kappa shape index (κ3) is 3.85. The van der Waals surface area contributed by atoms with Gasteiger partial charge in [0, 0.05) is 44.6 Å². The number of anilines is 1. The average Bonchev–Trinajstić information content (AvgIpc) is 3.11. The van der Waals surface area contributed by atoms with E-state index in [4.69, 9.17) is 0 Å². The lowest BCUT2D eigenvalue weighted by atomic mass is 10.1. The van der Waals surface area contributed by atoms with Gasteiger partial charge in [0.15, 0.2) is 0 Å². The predicted molar refractivity (Wildman–Crippen MR) is 127 cm³/mol. The van der Waals surface area contributed by atoms with Crippen LogP contribution in [0.1, 0.15) is 36.2 Å². The number of imide groups is 2. The summed E-state index contributed by atoms with van der Waals surface area (Å²) in [7, 11) is 2.65. The lowest BCUT2D eigenvalue weighted by molar-refractivity contribution is -0.384. The fourth-order valence-corrected chi connectivity index (χ4v) is 4.66. The number of aromatic nitrogens is 1. The molecule has 4 rings (SSSR count). The zero-order chi connectivity index (χ0) is 24.7. The Morgan fingerprint density at radius 3 is 2.15 bits per heavy atom. The maximum atomic E-state index is 12.6. The number of urea groups is 1. The second-order valence-corrected chi connectivity index (χ2v) is 8.71. The van der Waals surface area contributed by atoms with Gasteiger partial charge >= 0.3 is 6.03 Å². The number of aryl methyl sites for hydroxylation is 1. The largest absolute Gasteiger partial charge is 0.366 e. The standard InChI is InChI=1S/C24H27N5O5/c1-15-12-17(13-19-22(30)25(3)24(32)26(4)23(19)31)16(2)28(15)18-8-9-20(21(14-18)29(33)34)27-10-6-5-7-11-27/h8-9,12-14H,5-7,10-11H2,1-4H3. The number of carbonyl (C=O) groups is 3. The van der Waals surface area contributed by atoms with Crippen LogP contribution in [0.15, 0.2) is 29.8 Å². The molecule has 1 aromatic carbocycles. The van der Waals surface area contributed by atoms with Gasteiger partial charge in [-0.3, -0.25) is 29.5 Å². The second kappa shape index (κ2) is 8.77. The molecule has 2 aromatic rings. The normalized spacial score (nSPS) is 17.0. The quantitative estimate of drug-likeness (QED) is 0.296. The van der Waals surface area contributed by atoms with Gasteiger partial charge in [0.25, 0.3) is 17.5 Å². The van der Waals surface area contributed by atoms with E-state index in [0.717, 1.165) is 47.8 Å². The Balaban J connectivity index is 1.76.